The highest BCUT2D eigenvalue weighted by molar-refractivity contribution is 6.80. The van der Waals surface area contributed by atoms with E-state index in [4.69, 9.17) is 8.85 Å². The molecule has 1 fully saturated rings. The van der Waals surface area contributed by atoms with Gasteiger partial charge in [-0.05, 0) is 25.6 Å². The Morgan fingerprint density at radius 3 is 1.94 bits per heavy atom. The zero-order chi connectivity index (χ0) is 11.8. The standard InChI is InChI=1S/C13H20O2Si/c1-10-11(2)14-16(4,15-12(10)3)13-8-6-5-7-9-13/h5-12H,1-4H3. The van der Waals surface area contributed by atoms with Gasteiger partial charge >= 0.3 is 8.56 Å². The molecule has 0 saturated carbocycles. The van der Waals surface area contributed by atoms with Crippen LogP contribution < -0.4 is 5.19 Å². The summed E-state index contributed by atoms with van der Waals surface area (Å²) in [6, 6.07) is 10.4. The molecule has 0 spiro atoms. The predicted molar refractivity (Wildman–Crippen MR) is 68.0 cm³/mol. The highest BCUT2D eigenvalue weighted by Crippen LogP contribution is 2.27. The third-order valence-electron chi connectivity index (χ3n) is 3.60. The summed E-state index contributed by atoms with van der Waals surface area (Å²) in [5.74, 6) is 0.462. The van der Waals surface area contributed by atoms with Crippen LogP contribution in [0, 0.1) is 5.92 Å². The third-order valence-corrected chi connectivity index (χ3v) is 6.63. The molecule has 0 amide bonds. The molecule has 0 aromatic heterocycles. The Hall–Kier alpha value is -0.643. The Bertz CT molecular complexity index is 340. The van der Waals surface area contributed by atoms with Crippen molar-refractivity contribution in [1.82, 2.24) is 0 Å². The fraction of sp³-hybridized carbons (Fsp3) is 0.538. The quantitative estimate of drug-likeness (QED) is 0.697. The second-order valence-corrected chi connectivity index (χ2v) is 7.76. The predicted octanol–water partition coefficient (Wildman–Crippen LogP) is 2.43. The maximum atomic E-state index is 6.16. The summed E-state index contributed by atoms with van der Waals surface area (Å²) < 4.78 is 12.3. The van der Waals surface area contributed by atoms with Gasteiger partial charge in [-0.25, -0.2) is 0 Å². The molecule has 1 saturated heterocycles. The first-order valence-electron chi connectivity index (χ1n) is 5.94. The van der Waals surface area contributed by atoms with Gasteiger partial charge in [-0.2, -0.15) is 0 Å². The lowest BCUT2D eigenvalue weighted by molar-refractivity contribution is -0.0227. The third kappa shape index (κ3) is 2.07. The monoisotopic (exact) mass is 236 g/mol. The summed E-state index contributed by atoms with van der Waals surface area (Å²) >= 11 is 0. The van der Waals surface area contributed by atoms with E-state index in [1.54, 1.807) is 0 Å². The molecule has 3 heteroatoms. The molecule has 2 unspecified atom stereocenters. The van der Waals surface area contributed by atoms with Crippen molar-refractivity contribution in [2.45, 2.75) is 39.5 Å². The van der Waals surface area contributed by atoms with E-state index >= 15 is 0 Å². The fourth-order valence-electron chi connectivity index (χ4n) is 2.21. The first-order valence-corrected chi connectivity index (χ1v) is 8.26. The molecule has 1 heterocycles. The van der Waals surface area contributed by atoms with E-state index < -0.39 is 8.56 Å². The van der Waals surface area contributed by atoms with Crippen LogP contribution >= 0.6 is 0 Å². The molecule has 88 valence electrons. The first-order chi connectivity index (χ1) is 7.53. The molecule has 1 aromatic rings. The molecule has 1 aliphatic heterocycles. The minimum Gasteiger partial charge on any atom is -0.388 e. The van der Waals surface area contributed by atoms with Crippen LogP contribution in [-0.2, 0) is 8.85 Å². The van der Waals surface area contributed by atoms with Crippen molar-refractivity contribution in [3.63, 3.8) is 0 Å². The summed E-state index contributed by atoms with van der Waals surface area (Å²) in [5, 5.41) is 1.22. The number of hydrogen-bond donors (Lipinski definition) is 0. The molecule has 2 nitrogen and oxygen atoms in total. The molecule has 2 rings (SSSR count). The van der Waals surface area contributed by atoms with Crippen molar-refractivity contribution in [3.05, 3.63) is 30.3 Å². The zero-order valence-electron chi connectivity index (χ0n) is 10.4. The molecule has 1 aromatic carbocycles. The first kappa shape index (κ1) is 11.8. The van der Waals surface area contributed by atoms with E-state index in [2.05, 4.69) is 39.5 Å². The summed E-state index contributed by atoms with van der Waals surface area (Å²) in [6.07, 6.45) is 0.557. The number of rotatable bonds is 1. The van der Waals surface area contributed by atoms with Crippen LogP contribution in [0.15, 0.2) is 30.3 Å². The average molecular weight is 236 g/mol. The van der Waals surface area contributed by atoms with Crippen molar-refractivity contribution < 1.29 is 8.85 Å². The number of benzene rings is 1. The SMILES string of the molecule is CC1O[Si](C)(c2ccccc2)OC(C)C1C. The lowest BCUT2D eigenvalue weighted by atomic mass is 10.0. The van der Waals surface area contributed by atoms with Gasteiger partial charge in [0.05, 0.1) is 0 Å². The van der Waals surface area contributed by atoms with E-state index in [1.807, 2.05) is 18.2 Å². The van der Waals surface area contributed by atoms with Crippen LogP contribution in [0.2, 0.25) is 6.55 Å². The van der Waals surface area contributed by atoms with Gasteiger partial charge in [0, 0.05) is 18.1 Å². The highest BCUT2D eigenvalue weighted by atomic mass is 28.4. The summed E-state index contributed by atoms with van der Waals surface area (Å²) in [6.45, 7) is 8.63. The Morgan fingerprint density at radius 1 is 0.938 bits per heavy atom. The van der Waals surface area contributed by atoms with Crippen LogP contribution in [0.5, 0.6) is 0 Å². The van der Waals surface area contributed by atoms with Gasteiger partial charge in [0.15, 0.2) is 0 Å². The van der Waals surface area contributed by atoms with Crippen LogP contribution in [0.4, 0.5) is 0 Å². The van der Waals surface area contributed by atoms with Crippen LogP contribution in [0.25, 0.3) is 0 Å². The fourth-order valence-corrected chi connectivity index (χ4v) is 5.18. The minimum atomic E-state index is -2.18. The molecule has 0 bridgehead atoms. The average Bonchev–Trinajstić information content (AvgIpc) is 2.27. The van der Waals surface area contributed by atoms with Gasteiger partial charge in [0.2, 0.25) is 0 Å². The van der Waals surface area contributed by atoms with Crippen LogP contribution in [0.1, 0.15) is 20.8 Å². The molecule has 1 aliphatic rings. The van der Waals surface area contributed by atoms with Crippen LogP contribution in [-0.4, -0.2) is 20.8 Å². The largest absolute Gasteiger partial charge is 0.388 e. The maximum absolute atomic E-state index is 6.16. The van der Waals surface area contributed by atoms with Crippen LogP contribution in [0.3, 0.4) is 0 Å². The van der Waals surface area contributed by atoms with Crippen molar-refractivity contribution in [1.29, 1.82) is 0 Å². The number of hydrogen-bond acceptors (Lipinski definition) is 2. The molecular weight excluding hydrogens is 216 g/mol. The molecule has 16 heavy (non-hydrogen) atoms. The second kappa shape index (κ2) is 4.32. The second-order valence-electron chi connectivity index (χ2n) is 4.82. The topological polar surface area (TPSA) is 18.5 Å². The van der Waals surface area contributed by atoms with E-state index in [9.17, 15) is 0 Å². The minimum absolute atomic E-state index is 0.278. The summed E-state index contributed by atoms with van der Waals surface area (Å²) in [4.78, 5) is 0. The lowest BCUT2D eigenvalue weighted by Gasteiger charge is -2.43. The van der Waals surface area contributed by atoms with Gasteiger partial charge in [-0.15, -0.1) is 0 Å². The Kier molecular flexibility index (Phi) is 3.19. The smallest absolute Gasteiger partial charge is 0.369 e. The van der Waals surface area contributed by atoms with E-state index in [-0.39, 0.29) is 12.2 Å². The molecule has 0 aliphatic carbocycles. The van der Waals surface area contributed by atoms with Gasteiger partial charge in [0.25, 0.3) is 0 Å². The Morgan fingerprint density at radius 2 is 1.44 bits per heavy atom. The van der Waals surface area contributed by atoms with Crippen molar-refractivity contribution >= 4 is 13.7 Å². The van der Waals surface area contributed by atoms with Crippen molar-refractivity contribution in [2.75, 3.05) is 0 Å². The molecule has 0 N–H and O–H groups in total. The van der Waals surface area contributed by atoms with Crippen molar-refractivity contribution in [3.8, 4) is 0 Å². The Labute approximate surface area is 98.8 Å². The maximum Gasteiger partial charge on any atom is 0.369 e. The molecular formula is C13H20O2Si. The highest BCUT2D eigenvalue weighted by Gasteiger charge is 2.44. The summed E-state index contributed by atoms with van der Waals surface area (Å²) in [5.41, 5.74) is 0. The van der Waals surface area contributed by atoms with E-state index in [0.717, 1.165) is 0 Å². The van der Waals surface area contributed by atoms with Gasteiger partial charge < -0.3 is 8.85 Å². The van der Waals surface area contributed by atoms with Gasteiger partial charge in [0.1, 0.15) is 0 Å². The van der Waals surface area contributed by atoms with Gasteiger partial charge in [-0.1, -0.05) is 37.3 Å². The van der Waals surface area contributed by atoms with E-state index in [0.29, 0.717) is 5.92 Å². The normalized spacial score (nSPS) is 39.6. The lowest BCUT2D eigenvalue weighted by Crippen LogP contribution is -2.60. The molecule has 2 atom stereocenters. The zero-order valence-corrected chi connectivity index (χ0v) is 11.4. The molecule has 0 radical (unpaired) electrons. The Balaban J connectivity index is 2.27. The van der Waals surface area contributed by atoms with Crippen molar-refractivity contribution in [2.24, 2.45) is 5.92 Å². The van der Waals surface area contributed by atoms with Gasteiger partial charge in [-0.3, -0.25) is 0 Å². The van der Waals surface area contributed by atoms with E-state index in [1.165, 1.54) is 5.19 Å². The summed E-state index contributed by atoms with van der Waals surface area (Å²) in [7, 11) is -2.18.